The molecule has 0 aromatic heterocycles. The minimum atomic E-state index is -0.103. The Bertz CT molecular complexity index is 926. The van der Waals surface area contributed by atoms with Gasteiger partial charge in [0, 0.05) is 5.41 Å². The molecule has 0 bridgehead atoms. The summed E-state index contributed by atoms with van der Waals surface area (Å²) >= 11 is 0. The van der Waals surface area contributed by atoms with E-state index in [4.69, 9.17) is 0 Å². The predicted octanol–water partition coefficient (Wildman–Crippen LogP) is 9.20. The summed E-state index contributed by atoms with van der Waals surface area (Å²) < 4.78 is 0. The fourth-order valence-corrected chi connectivity index (χ4v) is 4.79. The molecule has 0 aliphatic carbocycles. The van der Waals surface area contributed by atoms with Crippen LogP contribution in [-0.4, -0.2) is 0 Å². The van der Waals surface area contributed by atoms with Gasteiger partial charge in [-0.2, -0.15) is 0 Å². The first-order valence-corrected chi connectivity index (χ1v) is 12.0. The van der Waals surface area contributed by atoms with Gasteiger partial charge in [-0.25, -0.2) is 0 Å². The zero-order valence-electron chi connectivity index (χ0n) is 23.0. The molecule has 0 spiro atoms. The van der Waals surface area contributed by atoms with Crippen LogP contribution in [0.5, 0.6) is 0 Å². The summed E-state index contributed by atoms with van der Waals surface area (Å²) in [6.07, 6.45) is 0. The van der Waals surface area contributed by atoms with Crippen LogP contribution < -0.4 is 0 Å². The largest absolute Gasteiger partial charge is 0.0620 e. The maximum atomic E-state index is 2.52. The van der Waals surface area contributed by atoms with Gasteiger partial charge in [-0.05, 0) is 55.0 Å². The fraction of sp³-hybridized carbons (Fsp3) is 0.613. The number of hydrogen-bond acceptors (Lipinski definition) is 0. The van der Waals surface area contributed by atoms with E-state index in [1.54, 1.807) is 0 Å². The molecular formula is C31H48. The summed E-state index contributed by atoms with van der Waals surface area (Å²) in [4.78, 5) is 0. The zero-order valence-corrected chi connectivity index (χ0v) is 23.0. The quantitative estimate of drug-likeness (QED) is 0.454. The normalized spacial score (nSPS) is 14.1. The standard InChI is InChI=1S/C31H48/c1-27(2,3)21-19-24(29(7,8)9)26(30(10,11)12)25(20-21)31(13,14)23-18-16-15-17-22(23)28(4,5)6/h15-20H,1-14H3. The Balaban J connectivity index is 3.06. The average molecular weight is 421 g/mol. The molecule has 2 aromatic rings. The molecule has 0 aliphatic heterocycles. The molecule has 0 N–H and O–H groups in total. The van der Waals surface area contributed by atoms with Gasteiger partial charge in [-0.15, -0.1) is 0 Å². The van der Waals surface area contributed by atoms with Gasteiger partial charge in [0.15, 0.2) is 0 Å². The molecule has 0 heterocycles. The highest BCUT2D eigenvalue weighted by atomic mass is 14.4. The first-order chi connectivity index (χ1) is 13.7. The molecule has 0 fully saturated rings. The van der Waals surface area contributed by atoms with E-state index in [-0.39, 0.29) is 27.1 Å². The lowest BCUT2D eigenvalue weighted by atomic mass is 9.63. The van der Waals surface area contributed by atoms with Gasteiger partial charge in [-0.3, -0.25) is 0 Å². The first-order valence-electron chi connectivity index (χ1n) is 12.0. The van der Waals surface area contributed by atoms with Gasteiger partial charge in [0.1, 0.15) is 0 Å². The van der Waals surface area contributed by atoms with Crippen LogP contribution in [-0.2, 0) is 27.1 Å². The smallest absolute Gasteiger partial charge is 0.0152 e. The summed E-state index contributed by atoms with van der Waals surface area (Å²) in [6.45, 7) is 33.1. The van der Waals surface area contributed by atoms with Gasteiger partial charge in [0.2, 0.25) is 0 Å². The van der Waals surface area contributed by atoms with Crippen molar-refractivity contribution in [1.29, 1.82) is 0 Å². The van der Waals surface area contributed by atoms with E-state index < -0.39 is 0 Å². The van der Waals surface area contributed by atoms with Gasteiger partial charge >= 0.3 is 0 Å². The second-order valence-electron chi connectivity index (χ2n) is 14.1. The van der Waals surface area contributed by atoms with Crippen molar-refractivity contribution in [2.75, 3.05) is 0 Å². The topological polar surface area (TPSA) is 0 Å². The Morgan fingerprint density at radius 1 is 0.419 bits per heavy atom. The lowest BCUT2D eigenvalue weighted by molar-refractivity contribution is 0.493. The maximum Gasteiger partial charge on any atom is 0.0152 e. The van der Waals surface area contributed by atoms with E-state index in [1.807, 2.05) is 0 Å². The molecule has 172 valence electrons. The van der Waals surface area contributed by atoms with Crippen LogP contribution >= 0.6 is 0 Å². The van der Waals surface area contributed by atoms with Crippen LogP contribution in [0, 0.1) is 0 Å². The third-order valence-corrected chi connectivity index (χ3v) is 6.64. The van der Waals surface area contributed by atoms with Gasteiger partial charge in [0.05, 0.1) is 0 Å². The van der Waals surface area contributed by atoms with E-state index >= 15 is 0 Å². The molecule has 2 rings (SSSR count). The van der Waals surface area contributed by atoms with Crippen LogP contribution in [0.15, 0.2) is 36.4 Å². The van der Waals surface area contributed by atoms with Gasteiger partial charge in [0.25, 0.3) is 0 Å². The Morgan fingerprint density at radius 3 is 1.23 bits per heavy atom. The summed E-state index contributed by atoms with van der Waals surface area (Å²) in [5, 5.41) is 0. The van der Waals surface area contributed by atoms with Crippen LogP contribution in [0.3, 0.4) is 0 Å². The van der Waals surface area contributed by atoms with Crippen LogP contribution in [0.2, 0.25) is 0 Å². The molecule has 31 heavy (non-hydrogen) atoms. The first kappa shape index (κ1) is 25.7. The minimum absolute atomic E-state index is 0.0578. The Hall–Kier alpha value is -1.56. The fourth-order valence-electron chi connectivity index (χ4n) is 4.79. The Kier molecular flexibility index (Phi) is 6.46. The van der Waals surface area contributed by atoms with Crippen molar-refractivity contribution in [2.24, 2.45) is 0 Å². The summed E-state index contributed by atoms with van der Waals surface area (Å²) in [7, 11) is 0. The lowest BCUT2D eigenvalue weighted by Crippen LogP contribution is -2.33. The molecule has 0 heteroatoms. The van der Waals surface area contributed by atoms with E-state index in [1.165, 1.54) is 33.4 Å². The van der Waals surface area contributed by atoms with Crippen LogP contribution in [0.25, 0.3) is 0 Å². The Morgan fingerprint density at radius 2 is 0.839 bits per heavy atom. The molecule has 0 saturated heterocycles. The highest BCUT2D eigenvalue weighted by Crippen LogP contribution is 2.47. The lowest BCUT2D eigenvalue weighted by Gasteiger charge is -2.41. The Labute approximate surface area is 193 Å². The van der Waals surface area contributed by atoms with Crippen molar-refractivity contribution in [3.63, 3.8) is 0 Å². The number of rotatable bonds is 2. The molecule has 0 radical (unpaired) electrons. The van der Waals surface area contributed by atoms with Crippen molar-refractivity contribution in [1.82, 2.24) is 0 Å². The molecular weight excluding hydrogens is 372 g/mol. The molecule has 0 saturated carbocycles. The highest BCUT2D eigenvalue weighted by Gasteiger charge is 2.37. The van der Waals surface area contributed by atoms with Crippen molar-refractivity contribution in [3.8, 4) is 0 Å². The number of hydrogen-bond donors (Lipinski definition) is 0. The molecule has 2 aromatic carbocycles. The summed E-state index contributed by atoms with van der Waals surface area (Å²) in [6, 6.07) is 14.1. The molecule has 0 amide bonds. The molecule has 0 atom stereocenters. The summed E-state index contributed by atoms with van der Waals surface area (Å²) in [5.41, 5.74) is 9.04. The number of benzene rings is 2. The monoisotopic (exact) mass is 420 g/mol. The van der Waals surface area contributed by atoms with E-state index in [0.29, 0.717) is 0 Å². The maximum absolute atomic E-state index is 2.52. The van der Waals surface area contributed by atoms with E-state index in [9.17, 15) is 0 Å². The van der Waals surface area contributed by atoms with Crippen LogP contribution in [0.1, 0.15) is 130 Å². The third kappa shape index (κ3) is 5.27. The van der Waals surface area contributed by atoms with Crippen LogP contribution in [0.4, 0.5) is 0 Å². The molecule has 0 unspecified atom stereocenters. The zero-order chi connectivity index (χ0) is 24.2. The predicted molar refractivity (Wildman–Crippen MR) is 140 cm³/mol. The second-order valence-corrected chi connectivity index (χ2v) is 14.1. The average Bonchev–Trinajstić information content (AvgIpc) is 2.57. The third-order valence-electron chi connectivity index (χ3n) is 6.64. The molecule has 0 aliphatic rings. The van der Waals surface area contributed by atoms with Crippen molar-refractivity contribution in [3.05, 3.63) is 69.8 Å². The molecule has 0 nitrogen and oxygen atoms in total. The minimum Gasteiger partial charge on any atom is -0.0620 e. The van der Waals surface area contributed by atoms with Crippen molar-refractivity contribution in [2.45, 2.75) is 124 Å². The van der Waals surface area contributed by atoms with Crippen molar-refractivity contribution >= 4 is 0 Å². The van der Waals surface area contributed by atoms with Gasteiger partial charge < -0.3 is 0 Å². The van der Waals surface area contributed by atoms with Gasteiger partial charge in [-0.1, -0.05) is 133 Å². The van der Waals surface area contributed by atoms with E-state index in [2.05, 4.69) is 133 Å². The van der Waals surface area contributed by atoms with Crippen molar-refractivity contribution < 1.29 is 0 Å². The summed E-state index contributed by atoms with van der Waals surface area (Å²) in [5.74, 6) is 0. The SMILES string of the molecule is CC(C)(C)c1cc(C(C)(C)C)c(C(C)(C)C)c(C(C)(C)c2ccccc2C(C)(C)C)c1. The highest BCUT2D eigenvalue weighted by molar-refractivity contribution is 5.55. The second kappa shape index (κ2) is 7.79. The van der Waals surface area contributed by atoms with E-state index in [0.717, 1.165) is 0 Å².